The molecule has 108 valence electrons. The van der Waals surface area contributed by atoms with Crippen LogP contribution in [0.1, 0.15) is 37.3 Å². The summed E-state index contributed by atoms with van der Waals surface area (Å²) in [6.07, 6.45) is 6.12. The molecule has 1 amide bonds. The van der Waals surface area contributed by atoms with E-state index in [0.717, 1.165) is 51.9 Å². The Labute approximate surface area is 120 Å². The topological polar surface area (TPSA) is 45.2 Å². The lowest BCUT2D eigenvalue weighted by molar-refractivity contribution is -0.137. The Balaban J connectivity index is 1.54. The molecule has 0 aliphatic carbocycles. The zero-order valence-corrected chi connectivity index (χ0v) is 11.9. The van der Waals surface area contributed by atoms with Crippen LogP contribution in [0.2, 0.25) is 0 Å². The average Bonchev–Trinajstić information content (AvgIpc) is 2.56. The van der Waals surface area contributed by atoms with Crippen LogP contribution >= 0.6 is 0 Å². The third-order valence-corrected chi connectivity index (χ3v) is 4.56. The Morgan fingerprint density at radius 3 is 2.75 bits per heavy atom. The van der Waals surface area contributed by atoms with Gasteiger partial charge in [-0.15, -0.1) is 0 Å². The number of pyridine rings is 1. The number of rotatable bonds is 2. The highest BCUT2D eigenvalue weighted by atomic mass is 16.2. The highest BCUT2D eigenvalue weighted by Gasteiger charge is 2.29. The maximum Gasteiger partial charge on any atom is 0.226 e. The largest absolute Gasteiger partial charge is 0.342 e. The van der Waals surface area contributed by atoms with E-state index in [1.807, 2.05) is 18.3 Å². The lowest BCUT2D eigenvalue weighted by Crippen LogP contribution is -2.45. The predicted octanol–water partition coefficient (Wildman–Crippen LogP) is 1.79. The molecule has 4 heteroatoms. The normalized spacial score (nSPS) is 24.6. The summed E-state index contributed by atoms with van der Waals surface area (Å²) in [6.45, 7) is 3.69. The molecule has 0 aromatic carbocycles. The minimum absolute atomic E-state index is 0.204. The van der Waals surface area contributed by atoms with Gasteiger partial charge in [0.2, 0.25) is 5.91 Å². The van der Waals surface area contributed by atoms with Gasteiger partial charge in [0.25, 0.3) is 0 Å². The summed E-state index contributed by atoms with van der Waals surface area (Å²) < 4.78 is 0. The van der Waals surface area contributed by atoms with Crippen molar-refractivity contribution in [1.29, 1.82) is 0 Å². The number of piperidine rings is 2. The standard InChI is InChI=1S/C16H23N3O/c20-16(14-4-3-8-17-12-14)19-10-6-13(7-11-19)15-5-1-2-9-18-15/h1-2,5,9,13-14,17H,3-4,6-8,10-12H2. The van der Waals surface area contributed by atoms with Crippen LogP contribution < -0.4 is 5.32 Å². The Bertz CT molecular complexity index is 434. The molecule has 2 aliphatic heterocycles. The second-order valence-electron chi connectivity index (χ2n) is 5.90. The van der Waals surface area contributed by atoms with Crippen LogP contribution in [0.25, 0.3) is 0 Å². The van der Waals surface area contributed by atoms with Gasteiger partial charge in [-0.05, 0) is 44.4 Å². The quantitative estimate of drug-likeness (QED) is 0.893. The Morgan fingerprint density at radius 2 is 2.10 bits per heavy atom. The summed E-state index contributed by atoms with van der Waals surface area (Å²) in [5, 5.41) is 3.33. The number of nitrogens with zero attached hydrogens (tertiary/aromatic N) is 2. The van der Waals surface area contributed by atoms with E-state index >= 15 is 0 Å². The number of likely N-dealkylation sites (tertiary alicyclic amines) is 1. The Hall–Kier alpha value is -1.42. The maximum atomic E-state index is 12.5. The third-order valence-electron chi connectivity index (χ3n) is 4.56. The van der Waals surface area contributed by atoms with Gasteiger partial charge in [0.1, 0.15) is 0 Å². The van der Waals surface area contributed by atoms with Gasteiger partial charge >= 0.3 is 0 Å². The molecular weight excluding hydrogens is 250 g/mol. The van der Waals surface area contributed by atoms with E-state index in [-0.39, 0.29) is 5.92 Å². The van der Waals surface area contributed by atoms with Crippen molar-refractivity contribution in [2.24, 2.45) is 5.92 Å². The van der Waals surface area contributed by atoms with Crippen molar-refractivity contribution in [3.63, 3.8) is 0 Å². The molecule has 3 heterocycles. The first-order chi connectivity index (χ1) is 9.84. The van der Waals surface area contributed by atoms with Crippen LogP contribution in [0.15, 0.2) is 24.4 Å². The Morgan fingerprint density at radius 1 is 1.25 bits per heavy atom. The van der Waals surface area contributed by atoms with Gasteiger partial charge in [0.15, 0.2) is 0 Å². The van der Waals surface area contributed by atoms with Crippen LogP contribution in [0.3, 0.4) is 0 Å². The lowest BCUT2D eigenvalue weighted by Gasteiger charge is -2.35. The van der Waals surface area contributed by atoms with Gasteiger partial charge in [-0.25, -0.2) is 0 Å². The molecule has 20 heavy (non-hydrogen) atoms. The molecule has 2 fully saturated rings. The molecule has 4 nitrogen and oxygen atoms in total. The minimum Gasteiger partial charge on any atom is -0.342 e. The van der Waals surface area contributed by atoms with Gasteiger partial charge < -0.3 is 10.2 Å². The van der Waals surface area contributed by atoms with E-state index in [1.165, 1.54) is 5.69 Å². The van der Waals surface area contributed by atoms with Crippen molar-refractivity contribution in [3.05, 3.63) is 30.1 Å². The van der Waals surface area contributed by atoms with Crippen LogP contribution in [0, 0.1) is 5.92 Å². The van der Waals surface area contributed by atoms with Gasteiger partial charge in [0, 0.05) is 37.4 Å². The number of nitrogens with one attached hydrogen (secondary N) is 1. The lowest BCUT2D eigenvalue weighted by atomic mass is 9.91. The zero-order chi connectivity index (χ0) is 13.8. The number of hydrogen-bond donors (Lipinski definition) is 1. The summed E-state index contributed by atoms with van der Waals surface area (Å²) in [5.74, 6) is 1.08. The second kappa shape index (κ2) is 6.35. The van der Waals surface area contributed by atoms with Crippen molar-refractivity contribution < 1.29 is 4.79 Å². The Kier molecular flexibility index (Phi) is 4.31. The van der Waals surface area contributed by atoms with Crippen molar-refractivity contribution in [3.8, 4) is 0 Å². The molecule has 0 saturated carbocycles. The maximum absolute atomic E-state index is 12.5. The van der Waals surface area contributed by atoms with Crippen LogP contribution in [-0.4, -0.2) is 42.0 Å². The van der Waals surface area contributed by atoms with Gasteiger partial charge in [-0.1, -0.05) is 6.07 Å². The van der Waals surface area contributed by atoms with Crippen molar-refractivity contribution in [2.45, 2.75) is 31.6 Å². The highest BCUT2D eigenvalue weighted by molar-refractivity contribution is 5.79. The SMILES string of the molecule is O=C(C1CCCNC1)N1CCC(c2ccccn2)CC1. The average molecular weight is 273 g/mol. The van der Waals surface area contributed by atoms with Crippen molar-refractivity contribution >= 4 is 5.91 Å². The number of amides is 1. The van der Waals surface area contributed by atoms with Gasteiger partial charge in [-0.3, -0.25) is 9.78 Å². The molecule has 0 bridgehead atoms. The predicted molar refractivity (Wildman–Crippen MR) is 78.4 cm³/mol. The van der Waals surface area contributed by atoms with E-state index < -0.39 is 0 Å². The fraction of sp³-hybridized carbons (Fsp3) is 0.625. The molecule has 3 rings (SSSR count). The highest BCUT2D eigenvalue weighted by Crippen LogP contribution is 2.27. The zero-order valence-electron chi connectivity index (χ0n) is 11.9. The van der Waals surface area contributed by atoms with Crippen LogP contribution in [0.4, 0.5) is 0 Å². The monoisotopic (exact) mass is 273 g/mol. The molecule has 1 unspecified atom stereocenters. The third kappa shape index (κ3) is 3.01. The number of carbonyl (C=O) groups is 1. The fourth-order valence-electron chi connectivity index (χ4n) is 3.33. The van der Waals surface area contributed by atoms with E-state index in [0.29, 0.717) is 11.8 Å². The van der Waals surface area contributed by atoms with Crippen molar-refractivity contribution in [2.75, 3.05) is 26.2 Å². The first-order valence-electron chi connectivity index (χ1n) is 7.75. The molecule has 1 aromatic rings. The van der Waals surface area contributed by atoms with E-state index in [9.17, 15) is 4.79 Å². The summed E-state index contributed by atoms with van der Waals surface area (Å²) >= 11 is 0. The molecule has 2 aliphatic rings. The summed E-state index contributed by atoms with van der Waals surface area (Å²) in [5.41, 5.74) is 1.18. The molecular formula is C16H23N3O. The molecule has 1 atom stereocenters. The summed E-state index contributed by atoms with van der Waals surface area (Å²) in [7, 11) is 0. The van der Waals surface area contributed by atoms with Crippen LogP contribution in [-0.2, 0) is 4.79 Å². The minimum atomic E-state index is 0.204. The second-order valence-corrected chi connectivity index (χ2v) is 5.90. The van der Waals surface area contributed by atoms with Crippen LogP contribution in [0.5, 0.6) is 0 Å². The number of hydrogen-bond acceptors (Lipinski definition) is 3. The van der Waals surface area contributed by atoms with E-state index in [2.05, 4.69) is 21.3 Å². The number of carbonyl (C=O) groups excluding carboxylic acids is 1. The van der Waals surface area contributed by atoms with E-state index in [1.54, 1.807) is 0 Å². The van der Waals surface area contributed by atoms with Gasteiger partial charge in [-0.2, -0.15) is 0 Å². The first kappa shape index (κ1) is 13.6. The van der Waals surface area contributed by atoms with Crippen molar-refractivity contribution in [1.82, 2.24) is 15.2 Å². The summed E-state index contributed by atoms with van der Waals surface area (Å²) in [6, 6.07) is 6.11. The molecule has 0 spiro atoms. The molecule has 1 N–H and O–H groups in total. The molecule has 1 aromatic heterocycles. The van der Waals surface area contributed by atoms with Gasteiger partial charge in [0.05, 0.1) is 5.92 Å². The first-order valence-corrected chi connectivity index (χ1v) is 7.75. The smallest absolute Gasteiger partial charge is 0.226 e. The number of aromatic nitrogens is 1. The van der Waals surface area contributed by atoms with E-state index in [4.69, 9.17) is 0 Å². The summed E-state index contributed by atoms with van der Waals surface area (Å²) in [4.78, 5) is 19.0. The fourth-order valence-corrected chi connectivity index (χ4v) is 3.33. The molecule has 2 saturated heterocycles. The molecule has 0 radical (unpaired) electrons.